The lowest BCUT2D eigenvalue weighted by atomic mass is 10.0. The van der Waals surface area contributed by atoms with Crippen LogP contribution in [0, 0.1) is 5.82 Å². The van der Waals surface area contributed by atoms with Gasteiger partial charge >= 0.3 is 6.09 Å². The Bertz CT molecular complexity index is 504. The summed E-state index contributed by atoms with van der Waals surface area (Å²) in [6, 6.07) is 3.73. The van der Waals surface area contributed by atoms with Crippen LogP contribution in [0.5, 0.6) is 0 Å². The molecule has 0 aliphatic rings. The lowest BCUT2D eigenvalue weighted by Gasteiger charge is -2.22. The number of benzene rings is 1. The standard InChI is InChI=1S/C14H19BrFNO4/c1-14(2,3)21-13(20)17-7-11(18)12(19)9-5-4-8(16)6-10(9)15/h4-6,11-12,18-19H,7H2,1-3H3,(H,17,20). The number of hydrogen-bond acceptors (Lipinski definition) is 4. The highest BCUT2D eigenvalue weighted by Gasteiger charge is 2.23. The number of aliphatic hydroxyl groups is 2. The molecule has 118 valence electrons. The normalized spacial score (nSPS) is 14.4. The molecule has 7 heteroatoms. The first kappa shape index (κ1) is 17.9. The first-order valence-electron chi connectivity index (χ1n) is 6.38. The zero-order valence-corrected chi connectivity index (χ0v) is 13.6. The maximum Gasteiger partial charge on any atom is 0.407 e. The summed E-state index contributed by atoms with van der Waals surface area (Å²) in [5.74, 6) is -0.459. The summed E-state index contributed by atoms with van der Waals surface area (Å²) in [6.45, 7) is 4.95. The number of rotatable bonds is 4. The second-order valence-corrected chi connectivity index (χ2v) is 6.42. The number of carbonyl (C=O) groups is 1. The molecule has 0 radical (unpaired) electrons. The van der Waals surface area contributed by atoms with Crippen molar-refractivity contribution >= 4 is 22.0 Å². The Labute approximate surface area is 131 Å². The van der Waals surface area contributed by atoms with Gasteiger partial charge in [0.25, 0.3) is 0 Å². The van der Waals surface area contributed by atoms with Crippen LogP contribution in [0.3, 0.4) is 0 Å². The highest BCUT2D eigenvalue weighted by Crippen LogP contribution is 2.26. The highest BCUT2D eigenvalue weighted by molar-refractivity contribution is 9.10. The molecule has 0 fully saturated rings. The molecule has 0 bridgehead atoms. The Morgan fingerprint density at radius 3 is 2.57 bits per heavy atom. The molecule has 1 amide bonds. The van der Waals surface area contributed by atoms with Crippen molar-refractivity contribution in [1.82, 2.24) is 5.32 Å². The molecular formula is C14H19BrFNO4. The Morgan fingerprint density at radius 2 is 2.05 bits per heavy atom. The minimum Gasteiger partial charge on any atom is -0.444 e. The lowest BCUT2D eigenvalue weighted by molar-refractivity contribution is 0.0126. The molecule has 0 heterocycles. The van der Waals surface area contributed by atoms with Crippen molar-refractivity contribution in [1.29, 1.82) is 0 Å². The molecule has 0 saturated heterocycles. The third-order valence-corrected chi connectivity index (χ3v) is 3.19. The van der Waals surface area contributed by atoms with E-state index in [1.165, 1.54) is 18.2 Å². The van der Waals surface area contributed by atoms with Crippen molar-refractivity contribution in [3.05, 3.63) is 34.1 Å². The number of amides is 1. The van der Waals surface area contributed by atoms with E-state index in [1.807, 2.05) is 0 Å². The largest absolute Gasteiger partial charge is 0.444 e. The van der Waals surface area contributed by atoms with Crippen LogP contribution < -0.4 is 5.32 Å². The van der Waals surface area contributed by atoms with Crippen LogP contribution in [0.25, 0.3) is 0 Å². The zero-order chi connectivity index (χ0) is 16.2. The third-order valence-electron chi connectivity index (χ3n) is 2.50. The number of halogens is 2. The molecular weight excluding hydrogens is 345 g/mol. The van der Waals surface area contributed by atoms with E-state index in [4.69, 9.17) is 4.74 Å². The summed E-state index contributed by atoms with van der Waals surface area (Å²) < 4.78 is 18.3. The van der Waals surface area contributed by atoms with Crippen LogP contribution in [-0.2, 0) is 4.74 Å². The Morgan fingerprint density at radius 1 is 1.43 bits per heavy atom. The van der Waals surface area contributed by atoms with Gasteiger partial charge in [0, 0.05) is 11.0 Å². The van der Waals surface area contributed by atoms with Gasteiger partial charge in [-0.05, 0) is 38.5 Å². The van der Waals surface area contributed by atoms with Gasteiger partial charge in [-0.2, -0.15) is 0 Å². The van der Waals surface area contributed by atoms with Crippen molar-refractivity contribution in [2.45, 2.75) is 38.6 Å². The molecule has 21 heavy (non-hydrogen) atoms. The predicted molar refractivity (Wildman–Crippen MR) is 79.3 cm³/mol. The van der Waals surface area contributed by atoms with Gasteiger partial charge < -0.3 is 20.3 Å². The molecule has 0 aromatic heterocycles. The first-order chi connectivity index (χ1) is 9.60. The van der Waals surface area contributed by atoms with Gasteiger partial charge in [0.1, 0.15) is 23.6 Å². The summed E-state index contributed by atoms with van der Waals surface area (Å²) in [4.78, 5) is 11.4. The van der Waals surface area contributed by atoms with E-state index in [0.717, 1.165) is 0 Å². The van der Waals surface area contributed by atoms with Gasteiger partial charge in [-0.15, -0.1) is 0 Å². The minimum absolute atomic E-state index is 0.195. The van der Waals surface area contributed by atoms with Crippen LogP contribution in [0.2, 0.25) is 0 Å². The molecule has 1 rings (SSSR count). The lowest BCUT2D eigenvalue weighted by Crippen LogP contribution is -2.38. The number of hydrogen-bond donors (Lipinski definition) is 3. The highest BCUT2D eigenvalue weighted by atomic mass is 79.9. The second kappa shape index (κ2) is 7.20. The fraction of sp³-hybridized carbons (Fsp3) is 0.500. The van der Waals surface area contributed by atoms with E-state index in [1.54, 1.807) is 20.8 Å². The molecule has 3 N–H and O–H groups in total. The first-order valence-corrected chi connectivity index (χ1v) is 7.17. The van der Waals surface area contributed by atoms with Crippen molar-refractivity contribution < 1.29 is 24.1 Å². The summed E-state index contributed by atoms with van der Waals surface area (Å²) >= 11 is 3.11. The maximum atomic E-state index is 13.0. The zero-order valence-electron chi connectivity index (χ0n) is 12.1. The molecule has 5 nitrogen and oxygen atoms in total. The Balaban J connectivity index is 2.59. The number of nitrogens with one attached hydrogen (secondary N) is 1. The number of alkyl carbamates (subject to hydrolysis) is 1. The van der Waals surface area contributed by atoms with Crippen molar-refractivity contribution in [2.24, 2.45) is 0 Å². The Hall–Kier alpha value is -1.18. The van der Waals surface area contributed by atoms with E-state index in [0.29, 0.717) is 10.0 Å². The van der Waals surface area contributed by atoms with E-state index in [2.05, 4.69) is 21.2 Å². The van der Waals surface area contributed by atoms with Gasteiger partial charge in [0.2, 0.25) is 0 Å². The average Bonchev–Trinajstić information content (AvgIpc) is 2.33. The number of carbonyl (C=O) groups excluding carboxylic acids is 1. The predicted octanol–water partition coefficient (Wildman–Crippen LogP) is 2.51. The van der Waals surface area contributed by atoms with Crippen LogP contribution >= 0.6 is 15.9 Å². The smallest absolute Gasteiger partial charge is 0.407 e. The van der Waals surface area contributed by atoms with Crippen LogP contribution in [0.4, 0.5) is 9.18 Å². The van der Waals surface area contributed by atoms with Crippen LogP contribution in [-0.4, -0.2) is 34.6 Å². The molecule has 2 atom stereocenters. The van der Waals surface area contributed by atoms with Gasteiger partial charge in [-0.1, -0.05) is 22.0 Å². The molecule has 0 aliphatic heterocycles. The summed E-state index contributed by atoms with van der Waals surface area (Å²) in [5.41, 5.74) is -0.317. The molecule has 0 saturated carbocycles. The number of ether oxygens (including phenoxy) is 1. The fourth-order valence-electron chi connectivity index (χ4n) is 1.56. The molecule has 1 aromatic rings. The van der Waals surface area contributed by atoms with E-state index in [-0.39, 0.29) is 6.54 Å². The third kappa shape index (κ3) is 5.99. The molecule has 1 aromatic carbocycles. The van der Waals surface area contributed by atoms with E-state index in [9.17, 15) is 19.4 Å². The SMILES string of the molecule is CC(C)(C)OC(=O)NCC(O)C(O)c1ccc(F)cc1Br. The molecule has 0 spiro atoms. The van der Waals surface area contributed by atoms with E-state index < -0.39 is 29.7 Å². The van der Waals surface area contributed by atoms with Crippen LogP contribution in [0.15, 0.2) is 22.7 Å². The van der Waals surface area contributed by atoms with Gasteiger partial charge in [0.15, 0.2) is 0 Å². The molecule has 0 aliphatic carbocycles. The average molecular weight is 364 g/mol. The van der Waals surface area contributed by atoms with Crippen molar-refractivity contribution in [3.8, 4) is 0 Å². The topological polar surface area (TPSA) is 78.8 Å². The van der Waals surface area contributed by atoms with Crippen molar-refractivity contribution in [3.63, 3.8) is 0 Å². The monoisotopic (exact) mass is 363 g/mol. The maximum absolute atomic E-state index is 13.0. The van der Waals surface area contributed by atoms with Crippen LogP contribution in [0.1, 0.15) is 32.4 Å². The summed E-state index contributed by atoms with van der Waals surface area (Å²) in [7, 11) is 0. The van der Waals surface area contributed by atoms with E-state index >= 15 is 0 Å². The fourth-order valence-corrected chi connectivity index (χ4v) is 2.15. The molecule has 2 unspecified atom stereocenters. The van der Waals surface area contributed by atoms with Gasteiger partial charge in [-0.25, -0.2) is 9.18 Å². The second-order valence-electron chi connectivity index (χ2n) is 5.56. The Kier molecular flexibility index (Phi) is 6.12. The number of aliphatic hydroxyl groups excluding tert-OH is 2. The van der Waals surface area contributed by atoms with Gasteiger partial charge in [0.05, 0.1) is 0 Å². The van der Waals surface area contributed by atoms with Gasteiger partial charge in [-0.3, -0.25) is 0 Å². The minimum atomic E-state index is -1.27. The van der Waals surface area contributed by atoms with Crippen molar-refractivity contribution in [2.75, 3.05) is 6.54 Å². The summed E-state index contributed by atoms with van der Waals surface area (Å²) in [6.07, 6.45) is -3.21. The quantitative estimate of drug-likeness (QED) is 0.767. The summed E-state index contributed by atoms with van der Waals surface area (Å²) in [5, 5.41) is 22.2.